The molecule has 0 atom stereocenters. The Bertz CT molecular complexity index is 478. The standard InChI is InChI=1S/C13H12O5/c1-17-13(16)9-18-11-7-5-10(6-8-11)3-2-4-12(14)15/h5-8H,4,9H2,1H3,(H,14,15). The fourth-order valence-electron chi connectivity index (χ4n) is 1.06. The summed E-state index contributed by atoms with van der Waals surface area (Å²) in [6, 6.07) is 6.66. The van der Waals surface area contributed by atoms with Crippen molar-refractivity contribution in [3.63, 3.8) is 0 Å². The van der Waals surface area contributed by atoms with E-state index in [0.717, 1.165) is 0 Å². The molecular formula is C13H12O5. The van der Waals surface area contributed by atoms with Gasteiger partial charge < -0.3 is 14.6 Å². The van der Waals surface area contributed by atoms with Crippen molar-refractivity contribution >= 4 is 11.9 Å². The van der Waals surface area contributed by atoms with E-state index in [1.165, 1.54) is 7.11 Å². The summed E-state index contributed by atoms with van der Waals surface area (Å²) in [4.78, 5) is 21.1. The molecule has 0 aromatic heterocycles. The Morgan fingerprint density at radius 2 is 1.94 bits per heavy atom. The summed E-state index contributed by atoms with van der Waals surface area (Å²) in [5.41, 5.74) is 0.682. The van der Waals surface area contributed by atoms with E-state index in [1.807, 2.05) is 0 Å². The lowest BCUT2D eigenvalue weighted by molar-refractivity contribution is -0.143. The minimum absolute atomic E-state index is 0.152. The molecule has 0 aliphatic heterocycles. The number of aliphatic carboxylic acids is 1. The second-order valence-electron chi connectivity index (χ2n) is 3.26. The van der Waals surface area contributed by atoms with Crippen LogP contribution in [0.3, 0.4) is 0 Å². The second kappa shape index (κ2) is 6.97. The molecule has 94 valence electrons. The number of hydrogen-bond acceptors (Lipinski definition) is 4. The lowest BCUT2D eigenvalue weighted by atomic mass is 10.2. The Hall–Kier alpha value is -2.48. The van der Waals surface area contributed by atoms with Gasteiger partial charge in [-0.25, -0.2) is 4.79 Å². The highest BCUT2D eigenvalue weighted by atomic mass is 16.6. The van der Waals surface area contributed by atoms with Gasteiger partial charge in [0, 0.05) is 5.56 Å². The highest BCUT2D eigenvalue weighted by Crippen LogP contribution is 2.11. The molecule has 0 aliphatic rings. The number of benzene rings is 1. The number of carbonyl (C=O) groups is 2. The van der Waals surface area contributed by atoms with E-state index in [0.29, 0.717) is 11.3 Å². The predicted molar refractivity (Wildman–Crippen MR) is 63.1 cm³/mol. The molecule has 0 amide bonds. The molecule has 5 heteroatoms. The molecule has 0 unspecified atom stereocenters. The van der Waals surface area contributed by atoms with E-state index >= 15 is 0 Å². The van der Waals surface area contributed by atoms with E-state index in [2.05, 4.69) is 16.6 Å². The first kappa shape index (κ1) is 13.6. The zero-order valence-corrected chi connectivity index (χ0v) is 9.80. The lowest BCUT2D eigenvalue weighted by Gasteiger charge is -2.03. The van der Waals surface area contributed by atoms with Crippen molar-refractivity contribution < 1.29 is 24.2 Å². The Kier molecular flexibility index (Phi) is 5.26. The largest absolute Gasteiger partial charge is 0.482 e. The average molecular weight is 248 g/mol. The van der Waals surface area contributed by atoms with E-state index in [1.54, 1.807) is 24.3 Å². The number of hydrogen-bond donors (Lipinski definition) is 1. The minimum Gasteiger partial charge on any atom is -0.482 e. The van der Waals surface area contributed by atoms with Crippen LogP contribution in [0.1, 0.15) is 12.0 Å². The van der Waals surface area contributed by atoms with Crippen molar-refractivity contribution in [1.29, 1.82) is 0 Å². The first-order chi connectivity index (χ1) is 8.61. The quantitative estimate of drug-likeness (QED) is 0.637. The fraction of sp³-hybridized carbons (Fsp3) is 0.231. The van der Waals surface area contributed by atoms with Crippen molar-refractivity contribution in [2.24, 2.45) is 0 Å². The van der Waals surface area contributed by atoms with Crippen LogP contribution in [0, 0.1) is 11.8 Å². The molecular weight excluding hydrogens is 236 g/mol. The van der Waals surface area contributed by atoms with Crippen LogP contribution in [0.5, 0.6) is 5.75 Å². The fourth-order valence-corrected chi connectivity index (χ4v) is 1.06. The number of carboxylic acids is 1. The number of esters is 1. The van der Waals surface area contributed by atoms with Gasteiger partial charge in [0.05, 0.1) is 7.11 Å². The van der Waals surface area contributed by atoms with Crippen LogP contribution < -0.4 is 4.74 Å². The third-order valence-electron chi connectivity index (χ3n) is 1.91. The first-order valence-electron chi connectivity index (χ1n) is 5.12. The maximum absolute atomic E-state index is 10.8. The van der Waals surface area contributed by atoms with Crippen LogP contribution in [-0.2, 0) is 14.3 Å². The summed E-state index contributed by atoms with van der Waals surface area (Å²) in [5, 5.41) is 8.41. The minimum atomic E-state index is -0.958. The lowest BCUT2D eigenvalue weighted by Crippen LogP contribution is -2.12. The van der Waals surface area contributed by atoms with Crippen molar-refractivity contribution in [1.82, 2.24) is 0 Å². The maximum Gasteiger partial charge on any atom is 0.343 e. The number of methoxy groups -OCH3 is 1. The SMILES string of the molecule is COC(=O)COc1ccc(C#CCC(=O)O)cc1. The van der Waals surface area contributed by atoms with Crippen molar-refractivity contribution in [3.05, 3.63) is 29.8 Å². The molecule has 1 rings (SSSR count). The molecule has 1 aromatic carbocycles. The molecule has 18 heavy (non-hydrogen) atoms. The van der Waals surface area contributed by atoms with Crippen LogP contribution in [0.2, 0.25) is 0 Å². The van der Waals surface area contributed by atoms with Gasteiger partial charge in [-0.1, -0.05) is 11.8 Å². The molecule has 0 saturated carbocycles. The number of ether oxygens (including phenoxy) is 2. The molecule has 0 saturated heterocycles. The zero-order chi connectivity index (χ0) is 13.4. The number of rotatable bonds is 4. The predicted octanol–water partition coefficient (Wildman–Crippen LogP) is 1.06. The molecule has 0 fully saturated rings. The molecule has 0 heterocycles. The normalized spacial score (nSPS) is 8.94. The van der Waals surface area contributed by atoms with Gasteiger partial charge >= 0.3 is 11.9 Å². The van der Waals surface area contributed by atoms with E-state index < -0.39 is 11.9 Å². The number of carboxylic acid groups (broad SMARTS) is 1. The average Bonchev–Trinajstić information content (AvgIpc) is 2.37. The topological polar surface area (TPSA) is 72.8 Å². The summed E-state index contributed by atoms with van der Waals surface area (Å²) in [6.45, 7) is -0.152. The second-order valence-corrected chi connectivity index (χ2v) is 3.26. The van der Waals surface area contributed by atoms with Crippen molar-refractivity contribution in [3.8, 4) is 17.6 Å². The molecule has 5 nitrogen and oxygen atoms in total. The summed E-state index contributed by atoms with van der Waals surface area (Å²) in [5.74, 6) is 4.32. The van der Waals surface area contributed by atoms with Gasteiger partial charge in [0.15, 0.2) is 6.61 Å². The highest BCUT2D eigenvalue weighted by Gasteiger charge is 2.01. The van der Waals surface area contributed by atoms with E-state index in [9.17, 15) is 9.59 Å². The molecule has 0 spiro atoms. The highest BCUT2D eigenvalue weighted by molar-refractivity contribution is 5.71. The van der Waals surface area contributed by atoms with Gasteiger partial charge in [0.1, 0.15) is 12.2 Å². The molecule has 0 bridgehead atoms. The summed E-state index contributed by atoms with van der Waals surface area (Å²) >= 11 is 0. The third kappa shape index (κ3) is 5.03. The summed E-state index contributed by atoms with van der Waals surface area (Å²) in [7, 11) is 1.28. The summed E-state index contributed by atoms with van der Waals surface area (Å²) < 4.78 is 9.57. The number of carbonyl (C=O) groups excluding carboxylic acids is 1. The van der Waals surface area contributed by atoms with Crippen LogP contribution >= 0.6 is 0 Å². The van der Waals surface area contributed by atoms with E-state index in [-0.39, 0.29) is 13.0 Å². The van der Waals surface area contributed by atoms with Gasteiger partial charge in [0.2, 0.25) is 0 Å². The first-order valence-corrected chi connectivity index (χ1v) is 5.12. The smallest absolute Gasteiger partial charge is 0.343 e. The Labute approximate surface area is 104 Å². The van der Waals surface area contributed by atoms with E-state index in [4.69, 9.17) is 9.84 Å². The Morgan fingerprint density at radius 3 is 2.50 bits per heavy atom. The van der Waals surface area contributed by atoms with Gasteiger partial charge in [-0.05, 0) is 24.3 Å². The molecule has 1 aromatic rings. The zero-order valence-electron chi connectivity index (χ0n) is 9.80. The van der Waals surface area contributed by atoms with Crippen molar-refractivity contribution in [2.45, 2.75) is 6.42 Å². The molecule has 0 radical (unpaired) electrons. The van der Waals surface area contributed by atoms with Crippen LogP contribution in [0.15, 0.2) is 24.3 Å². The van der Waals surface area contributed by atoms with Gasteiger partial charge in [0.25, 0.3) is 0 Å². The monoisotopic (exact) mass is 248 g/mol. The van der Waals surface area contributed by atoms with Crippen LogP contribution in [0.4, 0.5) is 0 Å². The van der Waals surface area contributed by atoms with Crippen molar-refractivity contribution in [2.75, 3.05) is 13.7 Å². The molecule has 0 aliphatic carbocycles. The molecule has 1 N–H and O–H groups in total. The Balaban J connectivity index is 2.54. The van der Waals surface area contributed by atoms with Crippen LogP contribution in [0.25, 0.3) is 0 Å². The summed E-state index contributed by atoms with van der Waals surface area (Å²) in [6.07, 6.45) is -0.194. The van der Waals surface area contributed by atoms with Gasteiger partial charge in [-0.3, -0.25) is 4.79 Å². The third-order valence-corrected chi connectivity index (χ3v) is 1.91. The van der Waals surface area contributed by atoms with Gasteiger partial charge in [-0.15, -0.1) is 0 Å². The van der Waals surface area contributed by atoms with Crippen LogP contribution in [-0.4, -0.2) is 30.8 Å². The van der Waals surface area contributed by atoms with Gasteiger partial charge in [-0.2, -0.15) is 0 Å². The maximum atomic E-state index is 10.8. The Morgan fingerprint density at radius 1 is 1.28 bits per heavy atom.